The number of benzene rings is 6. The minimum atomic E-state index is 1.18. The number of para-hydroxylation sites is 2. The van der Waals surface area contributed by atoms with Crippen LogP contribution >= 0.6 is 11.3 Å². The smallest absolute Gasteiger partial charge is 0.111 e. The van der Waals surface area contributed by atoms with Crippen molar-refractivity contribution in [2.45, 2.75) is 0 Å². The van der Waals surface area contributed by atoms with Crippen molar-refractivity contribution in [1.82, 2.24) is 9.13 Å². The van der Waals surface area contributed by atoms with Crippen LogP contribution in [0.5, 0.6) is 0 Å². The summed E-state index contributed by atoms with van der Waals surface area (Å²) < 4.78 is 4.93. The minimum absolute atomic E-state index is 1.18. The first kappa shape index (κ1) is 22.7. The third-order valence-corrected chi connectivity index (χ3v) is 9.49. The van der Waals surface area contributed by atoms with Gasteiger partial charge in [0, 0.05) is 38.3 Å². The van der Waals surface area contributed by atoms with Crippen LogP contribution in [0, 0.1) is 0 Å². The van der Waals surface area contributed by atoms with Gasteiger partial charge in [-0.2, -0.15) is 0 Å². The molecule has 2 nitrogen and oxygen atoms in total. The summed E-state index contributed by atoms with van der Waals surface area (Å²) in [5.74, 6) is 0. The molecule has 0 bridgehead atoms. The van der Waals surface area contributed by atoms with Crippen molar-refractivity contribution in [2.75, 3.05) is 0 Å². The lowest BCUT2D eigenvalue weighted by molar-refractivity contribution is 1.19. The molecule has 9 rings (SSSR count). The van der Waals surface area contributed by atoms with E-state index in [9.17, 15) is 0 Å². The third kappa shape index (κ3) is 3.24. The maximum Gasteiger partial charge on any atom is 0.111 e. The zero-order valence-electron chi connectivity index (χ0n) is 22.2. The van der Waals surface area contributed by atoms with E-state index in [2.05, 4.69) is 155 Å². The summed E-state index contributed by atoms with van der Waals surface area (Å²) in [4.78, 5) is 2.57. The Morgan fingerprint density at radius 3 is 1.78 bits per heavy atom. The molecule has 0 atom stereocenters. The van der Waals surface area contributed by atoms with E-state index in [-0.39, 0.29) is 0 Å². The van der Waals surface area contributed by atoms with E-state index in [0.717, 1.165) is 0 Å². The van der Waals surface area contributed by atoms with E-state index >= 15 is 0 Å². The van der Waals surface area contributed by atoms with Crippen LogP contribution in [0.1, 0.15) is 0 Å². The van der Waals surface area contributed by atoms with Gasteiger partial charge in [-0.3, -0.25) is 0 Å². The predicted octanol–water partition coefficient (Wildman–Crippen LogP) is 10.8. The zero-order chi connectivity index (χ0) is 26.9. The first-order chi connectivity index (χ1) is 20.4. The van der Waals surface area contributed by atoms with Gasteiger partial charge in [-0.15, -0.1) is 0 Å². The maximum absolute atomic E-state index is 2.48. The largest absolute Gasteiger partial charge is 0.301 e. The van der Waals surface area contributed by atoms with E-state index in [1.807, 2.05) is 11.3 Å². The van der Waals surface area contributed by atoms with Crippen LogP contribution in [0.2, 0.25) is 0 Å². The molecule has 0 spiro atoms. The summed E-state index contributed by atoms with van der Waals surface area (Å²) in [7, 11) is 0. The number of aromatic nitrogens is 2. The van der Waals surface area contributed by atoms with Crippen molar-refractivity contribution in [2.24, 2.45) is 0 Å². The fourth-order valence-corrected chi connectivity index (χ4v) is 7.92. The third-order valence-electron chi connectivity index (χ3n) is 8.33. The van der Waals surface area contributed by atoms with Crippen LogP contribution < -0.4 is 0 Å². The highest BCUT2D eigenvalue weighted by Crippen LogP contribution is 2.48. The number of rotatable bonds is 3. The highest BCUT2D eigenvalue weighted by Gasteiger charge is 2.24. The molecule has 0 aliphatic heterocycles. The molecule has 0 unspecified atom stereocenters. The van der Waals surface area contributed by atoms with Crippen LogP contribution in [-0.4, -0.2) is 9.13 Å². The lowest BCUT2D eigenvalue weighted by atomic mass is 10.0. The monoisotopic (exact) mass is 540 g/mol. The molecule has 3 heterocycles. The van der Waals surface area contributed by atoms with E-state index < -0.39 is 0 Å². The Morgan fingerprint density at radius 2 is 0.976 bits per heavy atom. The Bertz CT molecular complexity index is 2390. The molecule has 0 N–H and O–H groups in total. The Balaban J connectivity index is 1.41. The number of hydrogen-bond acceptors (Lipinski definition) is 1. The molecule has 0 aliphatic rings. The minimum Gasteiger partial charge on any atom is -0.301 e. The summed E-state index contributed by atoms with van der Waals surface area (Å²) in [6, 6.07) is 52.6. The molecular formula is C38H24N2S. The normalized spacial score (nSPS) is 11.9. The van der Waals surface area contributed by atoms with Gasteiger partial charge in [0.2, 0.25) is 0 Å². The average Bonchev–Trinajstić information content (AvgIpc) is 3.68. The highest BCUT2D eigenvalue weighted by atomic mass is 32.1. The van der Waals surface area contributed by atoms with Crippen LogP contribution in [0.25, 0.3) is 75.5 Å². The van der Waals surface area contributed by atoms with E-state index in [4.69, 9.17) is 0 Å². The Labute approximate surface area is 240 Å². The quantitative estimate of drug-likeness (QED) is 0.211. The van der Waals surface area contributed by atoms with E-state index in [1.54, 1.807) is 0 Å². The van der Waals surface area contributed by atoms with Gasteiger partial charge in [0.1, 0.15) is 9.66 Å². The zero-order valence-corrected chi connectivity index (χ0v) is 23.0. The van der Waals surface area contributed by atoms with Crippen molar-refractivity contribution >= 4 is 64.3 Å². The second-order valence-electron chi connectivity index (χ2n) is 10.6. The van der Waals surface area contributed by atoms with Gasteiger partial charge in [-0.05, 0) is 46.8 Å². The molecule has 41 heavy (non-hydrogen) atoms. The highest BCUT2D eigenvalue weighted by molar-refractivity contribution is 7.25. The van der Waals surface area contributed by atoms with Crippen molar-refractivity contribution in [3.8, 4) is 22.5 Å². The predicted molar refractivity (Wildman–Crippen MR) is 176 cm³/mol. The van der Waals surface area contributed by atoms with Gasteiger partial charge in [0.15, 0.2) is 0 Å². The van der Waals surface area contributed by atoms with Gasteiger partial charge in [0.25, 0.3) is 0 Å². The summed E-state index contributed by atoms with van der Waals surface area (Å²) in [5, 5.41) is 7.82. The molecule has 0 saturated carbocycles. The second-order valence-corrected chi connectivity index (χ2v) is 11.6. The van der Waals surface area contributed by atoms with Crippen LogP contribution in [-0.2, 0) is 0 Å². The van der Waals surface area contributed by atoms with Crippen molar-refractivity contribution in [3.05, 3.63) is 146 Å². The fourth-order valence-electron chi connectivity index (χ4n) is 6.52. The van der Waals surface area contributed by atoms with E-state index in [1.165, 1.54) is 75.5 Å². The van der Waals surface area contributed by atoms with Gasteiger partial charge in [-0.25, -0.2) is 0 Å². The van der Waals surface area contributed by atoms with Crippen molar-refractivity contribution in [3.63, 3.8) is 0 Å². The summed E-state index contributed by atoms with van der Waals surface area (Å²) in [6.07, 6.45) is 0. The van der Waals surface area contributed by atoms with Crippen LogP contribution in [0.4, 0.5) is 0 Å². The first-order valence-corrected chi connectivity index (χ1v) is 14.8. The van der Waals surface area contributed by atoms with Crippen LogP contribution in [0.15, 0.2) is 146 Å². The molecule has 0 fully saturated rings. The molecule has 0 saturated heterocycles. The van der Waals surface area contributed by atoms with Gasteiger partial charge in [-0.1, -0.05) is 127 Å². The fraction of sp³-hybridized carbons (Fsp3) is 0. The lowest BCUT2D eigenvalue weighted by Gasteiger charge is -2.10. The standard InChI is InChI=1S/C38H24N2S/c1-3-11-25(12-4-1)26-19-22-29(23-20-26)39-33-18-10-9-17-31(33)34-35-32-24-21-27-13-7-8-16-30(27)36(32)40(38(35)41-37(34)39)28-14-5-2-6-15-28/h1-24H. The molecule has 9 aromatic rings. The van der Waals surface area contributed by atoms with Crippen molar-refractivity contribution in [1.29, 1.82) is 0 Å². The van der Waals surface area contributed by atoms with Gasteiger partial charge < -0.3 is 9.13 Å². The topological polar surface area (TPSA) is 9.86 Å². The molecule has 0 aliphatic carbocycles. The maximum atomic E-state index is 2.48. The van der Waals surface area contributed by atoms with E-state index in [0.29, 0.717) is 0 Å². The number of hydrogen-bond donors (Lipinski definition) is 0. The van der Waals surface area contributed by atoms with Crippen LogP contribution in [0.3, 0.4) is 0 Å². The van der Waals surface area contributed by atoms with Gasteiger partial charge in [0.05, 0.1) is 11.0 Å². The Morgan fingerprint density at radius 1 is 0.390 bits per heavy atom. The van der Waals surface area contributed by atoms with Crippen molar-refractivity contribution < 1.29 is 0 Å². The first-order valence-electron chi connectivity index (χ1n) is 14.0. The molecule has 192 valence electrons. The molecular weight excluding hydrogens is 516 g/mol. The molecule has 6 aromatic carbocycles. The second kappa shape index (κ2) is 8.69. The summed E-state index contributed by atoms with van der Waals surface area (Å²) >= 11 is 1.89. The number of thiophene rings is 1. The number of nitrogens with zero attached hydrogens (tertiary/aromatic N) is 2. The molecule has 3 aromatic heterocycles. The summed E-state index contributed by atoms with van der Waals surface area (Å²) in [5.41, 5.74) is 7.36. The number of fused-ring (bicyclic) bond motifs is 9. The Kier molecular flexibility index (Phi) is 4.80. The lowest BCUT2D eigenvalue weighted by Crippen LogP contribution is -1.94. The molecule has 0 amide bonds. The summed E-state index contributed by atoms with van der Waals surface area (Å²) in [6.45, 7) is 0. The van der Waals surface area contributed by atoms with Gasteiger partial charge >= 0.3 is 0 Å². The molecule has 3 heteroatoms. The Hall–Kier alpha value is -5.12. The molecule has 0 radical (unpaired) electrons. The average molecular weight is 541 g/mol. The SMILES string of the molecule is c1ccc(-c2ccc(-n3c4ccccc4c4c5c6ccc7ccccc7c6n(-c6ccccc6)c5sc43)cc2)cc1.